The lowest BCUT2D eigenvalue weighted by Gasteiger charge is -2.30. The molecule has 0 aliphatic carbocycles. The van der Waals surface area contributed by atoms with Crippen molar-refractivity contribution in [1.82, 2.24) is 9.88 Å². The maximum atomic E-state index is 12.4. The number of hydrogen-bond donors (Lipinski definition) is 1. The van der Waals surface area contributed by atoms with E-state index in [-0.39, 0.29) is 11.8 Å². The van der Waals surface area contributed by atoms with Gasteiger partial charge < -0.3 is 5.32 Å². The largest absolute Gasteiger partial charge is 0.326 e. The van der Waals surface area contributed by atoms with E-state index in [1.165, 1.54) is 0 Å². The van der Waals surface area contributed by atoms with Gasteiger partial charge in [0.2, 0.25) is 5.91 Å². The Morgan fingerprint density at radius 3 is 2.87 bits per heavy atom. The monoisotopic (exact) mass is 349 g/mol. The standard InChI is InChI=1S/C17H20ClN3OS/c1-12-19-16(11-23-12)10-21-7-5-13(6-8-21)17(22)20-15-4-2-3-14(18)9-15/h2-4,9,11,13H,5-8,10H2,1H3,(H,20,22). The Morgan fingerprint density at radius 1 is 1.43 bits per heavy atom. The molecule has 23 heavy (non-hydrogen) atoms. The van der Waals surface area contributed by atoms with Gasteiger partial charge in [-0.3, -0.25) is 9.69 Å². The van der Waals surface area contributed by atoms with E-state index in [4.69, 9.17) is 11.6 Å². The second-order valence-electron chi connectivity index (χ2n) is 5.91. The average Bonchev–Trinajstić information content (AvgIpc) is 2.93. The number of halogens is 1. The van der Waals surface area contributed by atoms with E-state index in [9.17, 15) is 4.79 Å². The zero-order chi connectivity index (χ0) is 16.2. The number of piperidine rings is 1. The maximum Gasteiger partial charge on any atom is 0.227 e. The summed E-state index contributed by atoms with van der Waals surface area (Å²) in [6.07, 6.45) is 1.77. The molecule has 122 valence electrons. The smallest absolute Gasteiger partial charge is 0.227 e. The molecule has 0 radical (unpaired) electrons. The number of carbonyl (C=O) groups excluding carboxylic acids is 1. The molecule has 6 heteroatoms. The third-order valence-corrected chi connectivity index (χ3v) is 5.16. The van der Waals surface area contributed by atoms with Crippen LogP contribution in [0.5, 0.6) is 0 Å². The molecule has 2 aromatic rings. The quantitative estimate of drug-likeness (QED) is 0.908. The van der Waals surface area contributed by atoms with Crippen molar-refractivity contribution in [1.29, 1.82) is 0 Å². The molecular formula is C17H20ClN3OS. The van der Waals surface area contributed by atoms with Gasteiger partial charge in [0.25, 0.3) is 0 Å². The number of benzene rings is 1. The molecule has 2 heterocycles. The summed E-state index contributed by atoms with van der Waals surface area (Å²) in [6.45, 7) is 4.78. The average molecular weight is 350 g/mol. The molecule has 1 saturated heterocycles. The highest BCUT2D eigenvalue weighted by molar-refractivity contribution is 7.09. The molecule has 0 bridgehead atoms. The predicted octanol–water partition coefficient (Wildman–Crippen LogP) is 3.96. The number of hydrogen-bond acceptors (Lipinski definition) is 4. The number of amides is 1. The normalized spacial score (nSPS) is 16.4. The van der Waals surface area contributed by atoms with Gasteiger partial charge in [-0.05, 0) is 51.1 Å². The van der Waals surface area contributed by atoms with Gasteiger partial charge in [-0.25, -0.2) is 4.98 Å². The Morgan fingerprint density at radius 2 is 2.22 bits per heavy atom. The van der Waals surface area contributed by atoms with Gasteiger partial charge >= 0.3 is 0 Å². The van der Waals surface area contributed by atoms with E-state index in [0.29, 0.717) is 5.02 Å². The van der Waals surface area contributed by atoms with Crippen LogP contribution in [0.3, 0.4) is 0 Å². The first-order valence-corrected chi connectivity index (χ1v) is 9.06. The Hall–Kier alpha value is -1.43. The van der Waals surface area contributed by atoms with Crippen molar-refractivity contribution in [3.63, 3.8) is 0 Å². The van der Waals surface area contributed by atoms with E-state index in [0.717, 1.165) is 48.9 Å². The Labute approximate surface area is 145 Å². The van der Waals surface area contributed by atoms with Crippen LogP contribution in [-0.2, 0) is 11.3 Å². The number of aromatic nitrogens is 1. The molecule has 0 atom stereocenters. The van der Waals surface area contributed by atoms with Gasteiger partial charge in [-0.15, -0.1) is 11.3 Å². The lowest BCUT2D eigenvalue weighted by Crippen LogP contribution is -2.37. The lowest BCUT2D eigenvalue weighted by atomic mass is 9.95. The number of rotatable bonds is 4. The number of anilines is 1. The highest BCUT2D eigenvalue weighted by atomic mass is 35.5. The molecule has 3 rings (SSSR count). The van der Waals surface area contributed by atoms with E-state index in [1.54, 1.807) is 23.5 Å². The maximum absolute atomic E-state index is 12.4. The number of carbonyl (C=O) groups is 1. The number of nitrogens with one attached hydrogen (secondary N) is 1. The van der Waals surface area contributed by atoms with Crippen LogP contribution in [0.1, 0.15) is 23.5 Å². The highest BCUT2D eigenvalue weighted by Crippen LogP contribution is 2.22. The summed E-state index contributed by atoms with van der Waals surface area (Å²) in [5.74, 6) is 0.166. The summed E-state index contributed by atoms with van der Waals surface area (Å²) in [4.78, 5) is 19.2. The molecule has 1 N–H and O–H groups in total. The molecular weight excluding hydrogens is 330 g/mol. The van der Waals surface area contributed by atoms with Crippen LogP contribution in [0.15, 0.2) is 29.6 Å². The SMILES string of the molecule is Cc1nc(CN2CCC(C(=O)Nc3cccc(Cl)c3)CC2)cs1. The second kappa shape index (κ2) is 7.43. The first-order valence-electron chi connectivity index (χ1n) is 7.80. The number of nitrogens with zero attached hydrogens (tertiary/aromatic N) is 2. The lowest BCUT2D eigenvalue weighted by molar-refractivity contribution is -0.121. The molecule has 1 aromatic carbocycles. The third kappa shape index (κ3) is 4.53. The van der Waals surface area contributed by atoms with Gasteiger partial charge in [-0.2, -0.15) is 0 Å². The van der Waals surface area contributed by atoms with Crippen molar-refractivity contribution in [2.24, 2.45) is 5.92 Å². The van der Waals surface area contributed by atoms with Crippen LogP contribution in [0.2, 0.25) is 5.02 Å². The Bertz CT molecular complexity index is 680. The van der Waals surface area contributed by atoms with E-state index in [1.807, 2.05) is 19.1 Å². The number of aryl methyl sites for hydroxylation is 1. The van der Waals surface area contributed by atoms with Gasteiger partial charge in [0.1, 0.15) is 0 Å². The predicted molar refractivity (Wildman–Crippen MR) is 94.9 cm³/mol. The highest BCUT2D eigenvalue weighted by Gasteiger charge is 2.25. The molecule has 0 unspecified atom stereocenters. The van der Waals surface area contributed by atoms with Gasteiger partial charge in [0.05, 0.1) is 10.7 Å². The fourth-order valence-corrected chi connectivity index (χ4v) is 3.67. The molecule has 4 nitrogen and oxygen atoms in total. The minimum atomic E-state index is 0.0717. The van der Waals surface area contributed by atoms with Crippen molar-refractivity contribution < 1.29 is 4.79 Å². The fraction of sp³-hybridized carbons (Fsp3) is 0.412. The van der Waals surface area contributed by atoms with Crippen LogP contribution >= 0.6 is 22.9 Å². The van der Waals surface area contributed by atoms with Crippen molar-refractivity contribution in [3.05, 3.63) is 45.4 Å². The van der Waals surface area contributed by atoms with Gasteiger partial charge in [-0.1, -0.05) is 17.7 Å². The summed E-state index contributed by atoms with van der Waals surface area (Å²) < 4.78 is 0. The number of likely N-dealkylation sites (tertiary alicyclic amines) is 1. The minimum absolute atomic E-state index is 0.0717. The van der Waals surface area contributed by atoms with E-state index < -0.39 is 0 Å². The van der Waals surface area contributed by atoms with Crippen molar-refractivity contribution in [3.8, 4) is 0 Å². The summed E-state index contributed by atoms with van der Waals surface area (Å²) in [5.41, 5.74) is 1.90. The van der Waals surface area contributed by atoms with Crippen LogP contribution < -0.4 is 5.32 Å². The molecule has 1 aromatic heterocycles. The van der Waals surface area contributed by atoms with E-state index in [2.05, 4.69) is 20.6 Å². The Balaban J connectivity index is 1.49. The summed E-state index contributed by atoms with van der Waals surface area (Å²) in [5, 5.41) is 6.83. The van der Waals surface area contributed by atoms with Crippen molar-refractivity contribution in [2.45, 2.75) is 26.3 Å². The first kappa shape index (κ1) is 16.4. The minimum Gasteiger partial charge on any atom is -0.326 e. The van der Waals surface area contributed by atoms with Crippen LogP contribution in [0.25, 0.3) is 0 Å². The van der Waals surface area contributed by atoms with Gasteiger partial charge in [0.15, 0.2) is 0 Å². The van der Waals surface area contributed by atoms with Crippen LogP contribution in [0, 0.1) is 12.8 Å². The zero-order valence-electron chi connectivity index (χ0n) is 13.1. The Kier molecular flexibility index (Phi) is 5.30. The summed E-state index contributed by atoms with van der Waals surface area (Å²) >= 11 is 7.64. The van der Waals surface area contributed by atoms with E-state index >= 15 is 0 Å². The topological polar surface area (TPSA) is 45.2 Å². The molecule has 1 aliphatic rings. The van der Waals surface area contributed by atoms with Crippen molar-refractivity contribution >= 4 is 34.5 Å². The second-order valence-corrected chi connectivity index (χ2v) is 7.41. The third-order valence-electron chi connectivity index (χ3n) is 4.10. The van der Waals surface area contributed by atoms with Gasteiger partial charge in [0, 0.05) is 28.6 Å². The zero-order valence-corrected chi connectivity index (χ0v) is 14.7. The van der Waals surface area contributed by atoms with Crippen LogP contribution in [-0.4, -0.2) is 28.9 Å². The summed E-state index contributed by atoms with van der Waals surface area (Å²) in [7, 11) is 0. The molecule has 0 saturated carbocycles. The molecule has 0 spiro atoms. The molecule has 1 fully saturated rings. The first-order chi connectivity index (χ1) is 11.1. The fourth-order valence-electron chi connectivity index (χ4n) is 2.87. The van der Waals surface area contributed by atoms with Crippen molar-refractivity contribution in [2.75, 3.05) is 18.4 Å². The molecule has 1 amide bonds. The molecule has 1 aliphatic heterocycles. The number of thiazole rings is 1. The van der Waals surface area contributed by atoms with Crippen LogP contribution in [0.4, 0.5) is 5.69 Å². The summed E-state index contributed by atoms with van der Waals surface area (Å²) in [6, 6.07) is 7.29.